The predicted octanol–water partition coefficient (Wildman–Crippen LogP) is 4.83. The molecule has 0 radical (unpaired) electrons. The molecule has 0 aromatic heterocycles. The van der Waals surface area contributed by atoms with E-state index >= 15 is 0 Å². The van der Waals surface area contributed by atoms with E-state index in [2.05, 4.69) is 41.0 Å². The maximum atomic E-state index is 13.5. The number of benzene rings is 1. The van der Waals surface area contributed by atoms with Crippen molar-refractivity contribution in [2.45, 2.75) is 90.3 Å². The summed E-state index contributed by atoms with van der Waals surface area (Å²) in [7, 11) is 0. The van der Waals surface area contributed by atoms with Gasteiger partial charge in [0.15, 0.2) is 0 Å². The topological polar surface area (TPSA) is 65.6 Å². The third-order valence-electron chi connectivity index (χ3n) is 8.80. The molecule has 0 saturated carbocycles. The monoisotopic (exact) mass is 512 g/mol. The molecule has 0 unspecified atom stereocenters. The first kappa shape index (κ1) is 26.3. The molecule has 8 nitrogen and oxygen atoms in total. The highest BCUT2D eigenvalue weighted by Crippen LogP contribution is 2.43. The summed E-state index contributed by atoms with van der Waals surface area (Å²) in [6.07, 6.45) is 6.78. The Morgan fingerprint density at radius 1 is 0.919 bits per heavy atom. The molecule has 204 valence electrons. The second-order valence-electron chi connectivity index (χ2n) is 12.5. The lowest BCUT2D eigenvalue weighted by Gasteiger charge is -2.38. The Bertz CT molecular complexity index is 967. The minimum absolute atomic E-state index is 0.206. The van der Waals surface area contributed by atoms with Crippen molar-refractivity contribution in [3.63, 3.8) is 0 Å². The number of anilines is 2. The second kappa shape index (κ2) is 10.4. The van der Waals surface area contributed by atoms with Crippen molar-refractivity contribution < 1.29 is 19.2 Å². The molecule has 1 amide bonds. The Morgan fingerprint density at radius 3 is 2.27 bits per heavy atom. The van der Waals surface area contributed by atoms with Crippen LogP contribution in [-0.4, -0.2) is 79.0 Å². The number of rotatable bonds is 4. The highest BCUT2D eigenvalue weighted by atomic mass is 16.8. The van der Waals surface area contributed by atoms with Gasteiger partial charge in [-0.1, -0.05) is 6.42 Å². The van der Waals surface area contributed by atoms with Crippen LogP contribution < -0.4 is 9.80 Å². The van der Waals surface area contributed by atoms with E-state index in [9.17, 15) is 9.59 Å². The number of hydrogen-bond donors (Lipinski definition) is 0. The van der Waals surface area contributed by atoms with Gasteiger partial charge in [-0.15, -0.1) is 5.06 Å². The molecule has 2 atom stereocenters. The zero-order chi connectivity index (χ0) is 26.2. The lowest BCUT2D eigenvalue weighted by Crippen LogP contribution is -2.46. The first-order valence-electron chi connectivity index (χ1n) is 14.2. The van der Waals surface area contributed by atoms with Crippen LogP contribution in [0.3, 0.4) is 0 Å². The Hall–Kier alpha value is -2.32. The summed E-state index contributed by atoms with van der Waals surface area (Å²) in [5, 5.41) is 1.64. The van der Waals surface area contributed by atoms with Gasteiger partial charge in [-0.2, -0.15) is 0 Å². The van der Waals surface area contributed by atoms with Gasteiger partial charge in [0.2, 0.25) is 5.91 Å². The van der Waals surface area contributed by atoms with Crippen LogP contribution in [0, 0.1) is 5.41 Å². The Morgan fingerprint density at radius 2 is 1.59 bits per heavy atom. The maximum Gasteiger partial charge on any atom is 0.528 e. The first-order valence-corrected chi connectivity index (χ1v) is 14.2. The van der Waals surface area contributed by atoms with Gasteiger partial charge in [-0.3, -0.25) is 9.69 Å². The molecule has 1 aromatic rings. The number of amides is 1. The second-order valence-corrected chi connectivity index (χ2v) is 12.5. The lowest BCUT2D eigenvalue weighted by atomic mass is 9.77. The van der Waals surface area contributed by atoms with Crippen LogP contribution >= 0.6 is 0 Å². The zero-order valence-corrected chi connectivity index (χ0v) is 23.1. The van der Waals surface area contributed by atoms with Crippen molar-refractivity contribution in [2.24, 2.45) is 5.41 Å². The molecule has 0 aliphatic carbocycles. The van der Waals surface area contributed by atoms with Gasteiger partial charge < -0.3 is 19.4 Å². The predicted molar refractivity (Wildman–Crippen MR) is 145 cm³/mol. The molecule has 4 saturated heterocycles. The smallest absolute Gasteiger partial charge is 0.427 e. The zero-order valence-electron chi connectivity index (χ0n) is 23.1. The molecule has 8 heteroatoms. The summed E-state index contributed by atoms with van der Waals surface area (Å²) in [5.41, 5.74) is 1.29. The van der Waals surface area contributed by atoms with Gasteiger partial charge in [0.05, 0.1) is 5.41 Å². The molecular formula is C29H44N4O4. The molecule has 37 heavy (non-hydrogen) atoms. The molecule has 4 fully saturated rings. The number of nitrogens with zero attached hydrogens (tertiary/aromatic N) is 4. The SMILES string of the molecule is C[C@H]1CCCCN1[C@H]1CCN(c2ccc(N3CCC4(CCN(OC(=O)OC(C)(C)C)CC4)C3=O)cc2)C1. The number of hydroxylamine groups is 2. The fourth-order valence-electron chi connectivity index (χ4n) is 6.66. The number of carbonyl (C=O) groups excluding carboxylic acids is 2. The fourth-order valence-corrected chi connectivity index (χ4v) is 6.66. The highest BCUT2D eigenvalue weighted by Gasteiger charge is 2.49. The minimum atomic E-state index is -0.683. The summed E-state index contributed by atoms with van der Waals surface area (Å²) in [6, 6.07) is 9.96. The molecule has 1 spiro atoms. The van der Waals surface area contributed by atoms with E-state index in [1.807, 2.05) is 25.7 Å². The van der Waals surface area contributed by atoms with E-state index in [-0.39, 0.29) is 11.3 Å². The van der Waals surface area contributed by atoms with Gasteiger partial charge in [0.1, 0.15) is 5.60 Å². The highest BCUT2D eigenvalue weighted by molar-refractivity contribution is 6.00. The molecule has 4 aliphatic rings. The molecule has 1 aromatic carbocycles. The number of likely N-dealkylation sites (tertiary alicyclic amines) is 1. The number of ether oxygens (including phenoxy) is 1. The van der Waals surface area contributed by atoms with Crippen LogP contribution in [0.2, 0.25) is 0 Å². The van der Waals surface area contributed by atoms with E-state index in [1.165, 1.54) is 37.9 Å². The summed E-state index contributed by atoms with van der Waals surface area (Å²) in [6.45, 7) is 13.1. The fraction of sp³-hybridized carbons (Fsp3) is 0.724. The van der Waals surface area contributed by atoms with Crippen LogP contribution in [0.1, 0.15) is 72.6 Å². The van der Waals surface area contributed by atoms with E-state index in [1.54, 1.807) is 5.06 Å². The van der Waals surface area contributed by atoms with Crippen molar-refractivity contribution in [2.75, 3.05) is 49.1 Å². The Balaban J connectivity index is 1.14. The number of hydrogen-bond acceptors (Lipinski definition) is 7. The van der Waals surface area contributed by atoms with Crippen molar-refractivity contribution >= 4 is 23.4 Å². The van der Waals surface area contributed by atoms with Crippen LogP contribution in [0.15, 0.2) is 24.3 Å². The quantitative estimate of drug-likeness (QED) is 0.536. The summed E-state index contributed by atoms with van der Waals surface area (Å²) in [5.74, 6) is 0.206. The summed E-state index contributed by atoms with van der Waals surface area (Å²) >= 11 is 0. The van der Waals surface area contributed by atoms with E-state index in [0.29, 0.717) is 38.0 Å². The van der Waals surface area contributed by atoms with Gasteiger partial charge in [-0.25, -0.2) is 4.79 Å². The minimum Gasteiger partial charge on any atom is -0.427 e. The third-order valence-corrected chi connectivity index (χ3v) is 8.80. The van der Waals surface area contributed by atoms with Crippen LogP contribution in [0.25, 0.3) is 0 Å². The van der Waals surface area contributed by atoms with Gasteiger partial charge in [0.25, 0.3) is 0 Å². The molecule has 0 N–H and O–H groups in total. The summed E-state index contributed by atoms with van der Waals surface area (Å²) in [4.78, 5) is 38.1. The largest absolute Gasteiger partial charge is 0.528 e. The van der Waals surface area contributed by atoms with Crippen molar-refractivity contribution in [1.82, 2.24) is 9.96 Å². The maximum absolute atomic E-state index is 13.5. The van der Waals surface area contributed by atoms with Crippen LogP contribution in [-0.2, 0) is 14.4 Å². The molecular weight excluding hydrogens is 468 g/mol. The Kier molecular flexibility index (Phi) is 7.42. The lowest BCUT2D eigenvalue weighted by molar-refractivity contribution is -0.166. The van der Waals surface area contributed by atoms with Gasteiger partial charge in [-0.05, 0) is 97.0 Å². The first-order chi connectivity index (χ1) is 17.6. The average Bonchev–Trinajstić information content (AvgIpc) is 3.46. The van der Waals surface area contributed by atoms with Crippen LogP contribution in [0.5, 0.6) is 0 Å². The number of carbonyl (C=O) groups is 2. The van der Waals surface area contributed by atoms with Crippen molar-refractivity contribution in [1.29, 1.82) is 0 Å². The average molecular weight is 513 g/mol. The van der Waals surface area contributed by atoms with Crippen molar-refractivity contribution in [3.05, 3.63) is 24.3 Å². The standard InChI is InChI=1S/C29H44N4O4/c1-22-7-5-6-16-32(22)25-12-17-30(21-25)23-8-10-24(11-9-23)33-20-15-29(26(33)34)13-18-31(19-14-29)37-27(35)36-28(2,3)4/h8-11,22,25H,5-7,12-21H2,1-4H3/t22-,25-/m0/s1. The van der Waals surface area contributed by atoms with E-state index in [4.69, 9.17) is 9.57 Å². The van der Waals surface area contributed by atoms with Gasteiger partial charge >= 0.3 is 6.16 Å². The van der Waals surface area contributed by atoms with E-state index < -0.39 is 11.8 Å². The van der Waals surface area contributed by atoms with Gasteiger partial charge in [0, 0.05) is 56.2 Å². The molecule has 4 heterocycles. The third kappa shape index (κ3) is 5.75. The van der Waals surface area contributed by atoms with Crippen LogP contribution in [0.4, 0.5) is 16.2 Å². The molecule has 5 rings (SSSR count). The normalized spacial score (nSPS) is 27.2. The summed E-state index contributed by atoms with van der Waals surface area (Å²) < 4.78 is 5.26. The Labute approximate surface area is 221 Å². The van der Waals surface area contributed by atoms with Crippen molar-refractivity contribution in [3.8, 4) is 0 Å². The molecule has 0 bridgehead atoms. The van der Waals surface area contributed by atoms with E-state index in [0.717, 1.165) is 31.7 Å². The molecule has 4 aliphatic heterocycles. The number of piperidine rings is 2.